The van der Waals surface area contributed by atoms with E-state index in [1.165, 1.54) is 84.1 Å². The molecule has 68 heavy (non-hydrogen) atoms. The topological polar surface area (TPSA) is 0 Å². The van der Waals surface area contributed by atoms with Crippen LogP contribution in [0.25, 0.3) is 43.1 Å². The molecule has 10 aromatic rings. The van der Waals surface area contributed by atoms with Gasteiger partial charge in [0.05, 0.1) is 0 Å². The molecule has 0 aliphatic heterocycles. The third-order valence-corrected chi connectivity index (χ3v) is 12.8. The summed E-state index contributed by atoms with van der Waals surface area (Å²) < 4.78 is 2.65. The number of fused-ring (bicyclic) bond motifs is 6. The van der Waals surface area contributed by atoms with Crippen molar-refractivity contribution in [1.29, 1.82) is 0 Å². The Kier molecular flexibility index (Phi) is 22.3. The number of allylic oxidation sites excluding steroid dienone is 8. The first-order valence-electron chi connectivity index (χ1n) is 22.4. The van der Waals surface area contributed by atoms with Crippen LogP contribution in [0.5, 0.6) is 0 Å². The van der Waals surface area contributed by atoms with E-state index in [0.29, 0.717) is 0 Å². The van der Waals surface area contributed by atoms with Gasteiger partial charge < -0.3 is 24.8 Å². The molecule has 0 saturated heterocycles. The Morgan fingerprint density at radius 3 is 0.750 bits per heavy atom. The molecule has 0 aromatic heterocycles. The Bertz CT molecular complexity index is 2820. The van der Waals surface area contributed by atoms with Crippen molar-refractivity contribution in [3.63, 3.8) is 0 Å². The number of rotatable bonds is 4. The first kappa shape index (κ1) is 53.2. The van der Waals surface area contributed by atoms with E-state index in [2.05, 4.69) is 297 Å². The molecule has 0 radical (unpaired) electrons. The largest absolute Gasteiger partial charge is 0.126 e. The van der Waals surface area contributed by atoms with E-state index in [-0.39, 0.29) is 24.8 Å². The quantitative estimate of drug-likeness (QED) is 0.122. The Labute approximate surface area is 438 Å². The second-order valence-corrected chi connectivity index (χ2v) is 17.3. The van der Waals surface area contributed by atoms with Crippen LogP contribution >= 0.6 is 0 Å². The zero-order valence-corrected chi connectivity index (χ0v) is 43.1. The zero-order chi connectivity index (χ0) is 45.8. The Morgan fingerprint density at radius 2 is 0.559 bits per heavy atom. The van der Waals surface area contributed by atoms with Crippen molar-refractivity contribution in [3.8, 4) is 0 Å². The summed E-state index contributed by atoms with van der Waals surface area (Å²) >= 11 is 4.31. The molecule has 332 valence electrons. The smallest absolute Gasteiger partial charge is 0.0771 e. The first-order valence-corrected chi connectivity index (χ1v) is 23.9. The van der Waals surface area contributed by atoms with Crippen molar-refractivity contribution in [3.05, 3.63) is 300 Å². The van der Waals surface area contributed by atoms with Crippen LogP contribution in [0, 0.1) is 12.2 Å². The van der Waals surface area contributed by atoms with Crippen molar-refractivity contribution in [2.24, 2.45) is 0 Å². The molecule has 0 fully saturated rings. The van der Waals surface area contributed by atoms with Crippen molar-refractivity contribution in [2.75, 3.05) is 0 Å². The molecule has 0 unspecified atom stereocenters. The minimum absolute atomic E-state index is 0. The number of benzene rings is 8. The van der Waals surface area contributed by atoms with E-state index >= 15 is 0 Å². The van der Waals surface area contributed by atoms with Gasteiger partial charge >= 0.3 is 191 Å². The SMILES string of the molecule is CC1=[C-]CC=C1.CC1=[C-]CC=C1.[Cl-].[Cl-].[Ti+2]=[C](c1ccccc1)c1ccccc1.[Ti+2]=[C](c1ccccc1)c1ccccc1.c1ccc2c(c1)[cH-]c1ccccc12.c1ccc2c(c1)[cH-]c1ccccc12. The Morgan fingerprint density at radius 1 is 0.338 bits per heavy atom. The van der Waals surface area contributed by atoms with Crippen LogP contribution in [-0.2, 0) is 39.9 Å². The van der Waals surface area contributed by atoms with E-state index in [4.69, 9.17) is 0 Å². The average molecular weight is 988 g/mol. The molecule has 0 heterocycles. The van der Waals surface area contributed by atoms with Gasteiger partial charge in [-0.1, -0.05) is 86.6 Å². The van der Waals surface area contributed by atoms with Crippen molar-refractivity contribution in [2.45, 2.75) is 26.7 Å². The molecule has 0 N–H and O–H groups in total. The fourth-order valence-electron chi connectivity index (χ4n) is 7.59. The van der Waals surface area contributed by atoms with Crippen LogP contribution < -0.4 is 24.8 Å². The minimum atomic E-state index is 0. The van der Waals surface area contributed by atoms with Crippen molar-refractivity contribution in [1.82, 2.24) is 0 Å². The molecule has 0 bridgehead atoms. The van der Waals surface area contributed by atoms with Gasteiger partial charge in [0, 0.05) is 0 Å². The Hall–Kier alpha value is -5.79. The number of hydrogen-bond donors (Lipinski definition) is 0. The van der Waals surface area contributed by atoms with Gasteiger partial charge in [-0.3, -0.25) is 12.2 Å². The van der Waals surface area contributed by atoms with Crippen LogP contribution in [0.4, 0.5) is 0 Å². The Balaban J connectivity index is 0.000000155. The summed E-state index contributed by atoms with van der Waals surface area (Å²) in [5.74, 6) is 0. The van der Waals surface area contributed by atoms with Gasteiger partial charge in [-0.25, -0.2) is 23.3 Å². The minimum Gasteiger partial charge on any atom is -0.126 e. The summed E-state index contributed by atoms with van der Waals surface area (Å²) in [6.45, 7) is 4.12. The third-order valence-electron chi connectivity index (χ3n) is 11.0. The van der Waals surface area contributed by atoms with Crippen LogP contribution in [0.15, 0.2) is 266 Å². The summed E-state index contributed by atoms with van der Waals surface area (Å²) in [6.07, 6.45) is 16.7. The number of halogens is 2. The summed E-state index contributed by atoms with van der Waals surface area (Å²) in [7, 11) is 0. The molecule has 0 nitrogen and oxygen atoms in total. The molecular weight excluding hydrogens is 935 g/mol. The molecule has 2 aliphatic carbocycles. The van der Waals surface area contributed by atoms with E-state index in [1.54, 1.807) is 0 Å². The van der Waals surface area contributed by atoms with Gasteiger partial charge in [-0.05, 0) is 0 Å². The standard InChI is InChI=1S/2C13H9.2C13H10.2C6H7.2ClH.2Ti/c2*1-3-7-12-10(5-1)9-11-6-2-4-8-13(11)12;2*1-3-7-12(8-4-1)11-13-9-5-2-6-10-13;2*1-6-4-2-3-5-6;;;;/h2*1-9H;2*1-10H;2*2,4H,3H2,1H3;2*1H;;/q2*-1;;;2*-1;;;2*+2/p-2. The normalized spacial score (nSPS) is 11.6. The van der Waals surface area contributed by atoms with Crippen molar-refractivity contribution >= 4 is 50.7 Å². The van der Waals surface area contributed by atoms with E-state index in [9.17, 15) is 0 Å². The number of hydrogen-bond acceptors (Lipinski definition) is 0. The van der Waals surface area contributed by atoms with Crippen molar-refractivity contribution < 1.29 is 64.8 Å². The molecule has 4 heteroatoms. The fourth-order valence-corrected chi connectivity index (χ4v) is 8.63. The van der Waals surface area contributed by atoms with Gasteiger partial charge in [0.1, 0.15) is 0 Å². The molecule has 12 rings (SSSR count). The molecule has 0 atom stereocenters. The molecular formula is C64H52Cl2Ti2-2. The summed E-state index contributed by atoms with van der Waals surface area (Å²) in [6, 6.07) is 80.4. The average Bonchev–Trinajstić information content (AvgIpc) is 4.23. The monoisotopic (exact) mass is 986 g/mol. The first-order chi connectivity index (χ1) is 32.4. The third kappa shape index (κ3) is 15.6. The van der Waals surface area contributed by atoms with Crippen LogP contribution in [-0.4, -0.2) is 7.62 Å². The van der Waals surface area contributed by atoms with E-state index in [0.717, 1.165) is 12.8 Å². The van der Waals surface area contributed by atoms with Gasteiger partial charge in [0.15, 0.2) is 0 Å². The predicted octanol–water partition coefficient (Wildman–Crippen LogP) is 10.4. The summed E-state index contributed by atoms with van der Waals surface area (Å²) in [5.41, 5.74) is 7.71. The molecule has 0 amide bonds. The maximum absolute atomic E-state index is 3.12. The van der Waals surface area contributed by atoms with Gasteiger partial charge in [-0.15, -0.1) is 92.3 Å². The van der Waals surface area contributed by atoms with Crippen LogP contribution in [0.3, 0.4) is 0 Å². The fraction of sp³-hybridized carbons (Fsp3) is 0.0625. The van der Waals surface area contributed by atoms with E-state index < -0.39 is 0 Å². The van der Waals surface area contributed by atoms with Crippen LogP contribution in [0.2, 0.25) is 0 Å². The molecule has 10 aromatic carbocycles. The molecule has 0 spiro atoms. The second-order valence-electron chi connectivity index (χ2n) is 15.8. The zero-order valence-electron chi connectivity index (χ0n) is 38.4. The van der Waals surface area contributed by atoms with Gasteiger partial charge in [-0.2, -0.15) is 12.2 Å². The molecule has 0 saturated carbocycles. The van der Waals surface area contributed by atoms with Gasteiger partial charge in [0.2, 0.25) is 0 Å². The summed E-state index contributed by atoms with van der Waals surface area (Å²) in [4.78, 5) is 0. The second kappa shape index (κ2) is 28.5. The van der Waals surface area contributed by atoms with E-state index in [1.807, 2.05) is 24.3 Å². The predicted molar refractivity (Wildman–Crippen MR) is 279 cm³/mol. The van der Waals surface area contributed by atoms with Gasteiger partial charge in [0.25, 0.3) is 0 Å². The maximum Gasteiger partial charge on any atom is -0.0771 e. The molecule has 2 aliphatic rings. The maximum atomic E-state index is 3.12. The summed E-state index contributed by atoms with van der Waals surface area (Å²) in [5, 5.41) is 10.8. The van der Waals surface area contributed by atoms with Crippen LogP contribution in [0.1, 0.15) is 48.9 Å².